The molecule has 27 heavy (non-hydrogen) atoms. The van der Waals surface area contributed by atoms with Crippen molar-refractivity contribution in [3.63, 3.8) is 0 Å². The van der Waals surface area contributed by atoms with Crippen molar-refractivity contribution in [2.75, 3.05) is 12.0 Å². The Hall–Kier alpha value is -2.40. The first-order valence-electron chi connectivity index (χ1n) is 9.54. The summed E-state index contributed by atoms with van der Waals surface area (Å²) in [6.45, 7) is 0.563. The van der Waals surface area contributed by atoms with Crippen LogP contribution in [0, 0.1) is 5.92 Å². The zero-order chi connectivity index (χ0) is 18.6. The van der Waals surface area contributed by atoms with Crippen LogP contribution in [-0.4, -0.2) is 18.0 Å². The first kappa shape index (κ1) is 18.0. The van der Waals surface area contributed by atoms with Crippen LogP contribution in [0.1, 0.15) is 37.7 Å². The minimum Gasteiger partial charge on any atom is -0.497 e. The average Bonchev–Trinajstić information content (AvgIpc) is 3.15. The second-order valence-corrected chi connectivity index (χ2v) is 8.08. The van der Waals surface area contributed by atoms with Gasteiger partial charge in [-0.25, -0.2) is 4.98 Å². The Morgan fingerprint density at radius 2 is 1.93 bits per heavy atom. The third-order valence-electron chi connectivity index (χ3n) is 5.22. The molecule has 1 fully saturated rings. The van der Waals surface area contributed by atoms with E-state index in [1.807, 2.05) is 41.3 Å². The van der Waals surface area contributed by atoms with E-state index in [1.165, 1.54) is 6.42 Å². The standard InChI is InChI=1S/C22H24N2O2S/c1-26-18-12-13-20-19(14-18)23-22(27-20)24(15-16-8-4-2-5-9-16)21(25)17-10-6-3-7-11-17/h2,4-5,8-9,12-14,17H,3,6-7,10-11,15H2,1H3. The van der Waals surface area contributed by atoms with Gasteiger partial charge in [0.1, 0.15) is 5.75 Å². The molecule has 0 aliphatic heterocycles. The lowest BCUT2D eigenvalue weighted by Crippen LogP contribution is -2.36. The molecule has 0 saturated heterocycles. The number of hydrogen-bond acceptors (Lipinski definition) is 4. The molecule has 0 atom stereocenters. The van der Waals surface area contributed by atoms with Crippen molar-refractivity contribution in [2.45, 2.75) is 38.6 Å². The number of aromatic nitrogens is 1. The number of amides is 1. The molecule has 1 amide bonds. The van der Waals surface area contributed by atoms with Gasteiger partial charge in [0.15, 0.2) is 5.13 Å². The SMILES string of the molecule is COc1ccc2sc(N(Cc3ccccc3)C(=O)C3CCCCC3)nc2c1. The molecule has 0 spiro atoms. The van der Waals surface area contributed by atoms with E-state index in [2.05, 4.69) is 12.1 Å². The Morgan fingerprint density at radius 1 is 1.15 bits per heavy atom. The Kier molecular flexibility index (Phi) is 5.39. The molecule has 1 aliphatic carbocycles. The molecule has 4 nitrogen and oxygen atoms in total. The van der Waals surface area contributed by atoms with Crippen LogP contribution < -0.4 is 9.64 Å². The molecular weight excluding hydrogens is 356 g/mol. The van der Waals surface area contributed by atoms with Crippen molar-refractivity contribution in [3.8, 4) is 5.75 Å². The lowest BCUT2D eigenvalue weighted by molar-refractivity contribution is -0.123. The highest BCUT2D eigenvalue weighted by Gasteiger charge is 2.28. The number of ether oxygens (including phenoxy) is 1. The molecule has 1 aliphatic rings. The maximum atomic E-state index is 13.4. The fraction of sp³-hybridized carbons (Fsp3) is 0.364. The van der Waals surface area contributed by atoms with E-state index in [-0.39, 0.29) is 11.8 Å². The van der Waals surface area contributed by atoms with Crippen LogP contribution in [0.15, 0.2) is 48.5 Å². The Labute approximate surface area is 163 Å². The molecule has 0 radical (unpaired) electrons. The van der Waals surface area contributed by atoms with Crippen molar-refractivity contribution in [2.24, 2.45) is 5.92 Å². The normalized spacial score (nSPS) is 15.0. The van der Waals surface area contributed by atoms with Gasteiger partial charge in [-0.3, -0.25) is 9.69 Å². The molecular formula is C22H24N2O2S. The van der Waals surface area contributed by atoms with E-state index in [9.17, 15) is 4.79 Å². The molecule has 1 saturated carbocycles. The van der Waals surface area contributed by atoms with Crippen LogP contribution in [0.4, 0.5) is 5.13 Å². The molecule has 5 heteroatoms. The summed E-state index contributed by atoms with van der Waals surface area (Å²) in [5, 5.41) is 0.776. The second-order valence-electron chi connectivity index (χ2n) is 7.08. The monoisotopic (exact) mass is 380 g/mol. The summed E-state index contributed by atoms with van der Waals surface area (Å²) in [6, 6.07) is 16.1. The van der Waals surface area contributed by atoms with E-state index in [0.29, 0.717) is 6.54 Å². The minimum absolute atomic E-state index is 0.115. The molecule has 3 aromatic rings. The summed E-state index contributed by atoms with van der Waals surface area (Å²) in [4.78, 5) is 20.0. The summed E-state index contributed by atoms with van der Waals surface area (Å²) in [5.41, 5.74) is 2.00. The molecule has 1 aromatic heterocycles. The molecule has 0 bridgehead atoms. The molecule has 140 valence electrons. The van der Waals surface area contributed by atoms with Crippen LogP contribution in [0.2, 0.25) is 0 Å². The number of benzene rings is 2. The number of anilines is 1. The quantitative estimate of drug-likeness (QED) is 0.594. The minimum atomic E-state index is 0.115. The van der Waals surface area contributed by atoms with Gasteiger partial charge in [0, 0.05) is 12.0 Å². The lowest BCUT2D eigenvalue weighted by atomic mass is 9.88. The fourth-order valence-electron chi connectivity index (χ4n) is 3.71. The van der Waals surface area contributed by atoms with E-state index < -0.39 is 0 Å². The van der Waals surface area contributed by atoms with Gasteiger partial charge in [-0.15, -0.1) is 0 Å². The Bertz CT molecular complexity index is 916. The predicted octanol–water partition coefficient (Wildman–Crippen LogP) is 5.42. The average molecular weight is 381 g/mol. The zero-order valence-corrected chi connectivity index (χ0v) is 16.4. The zero-order valence-electron chi connectivity index (χ0n) is 15.6. The number of rotatable bonds is 5. The number of hydrogen-bond donors (Lipinski definition) is 0. The van der Waals surface area contributed by atoms with E-state index in [0.717, 1.165) is 52.3 Å². The van der Waals surface area contributed by atoms with Crippen LogP contribution in [0.3, 0.4) is 0 Å². The van der Waals surface area contributed by atoms with Gasteiger partial charge in [0.2, 0.25) is 5.91 Å². The molecule has 0 N–H and O–H groups in total. The van der Waals surface area contributed by atoms with Crippen molar-refractivity contribution >= 4 is 32.6 Å². The maximum absolute atomic E-state index is 13.4. The van der Waals surface area contributed by atoms with Crippen LogP contribution in [0.25, 0.3) is 10.2 Å². The smallest absolute Gasteiger partial charge is 0.232 e. The number of carbonyl (C=O) groups is 1. The first-order valence-corrected chi connectivity index (χ1v) is 10.4. The van der Waals surface area contributed by atoms with Gasteiger partial charge in [0.25, 0.3) is 0 Å². The molecule has 2 aromatic carbocycles. The summed E-state index contributed by atoms with van der Waals surface area (Å²) >= 11 is 1.57. The number of thiazole rings is 1. The van der Waals surface area contributed by atoms with Crippen molar-refractivity contribution in [3.05, 3.63) is 54.1 Å². The first-order chi connectivity index (χ1) is 13.2. The highest BCUT2D eigenvalue weighted by atomic mass is 32.1. The van der Waals surface area contributed by atoms with E-state index >= 15 is 0 Å². The maximum Gasteiger partial charge on any atom is 0.232 e. The van der Waals surface area contributed by atoms with Crippen LogP contribution in [-0.2, 0) is 11.3 Å². The van der Waals surface area contributed by atoms with Crippen molar-refractivity contribution in [1.82, 2.24) is 4.98 Å². The third-order valence-corrected chi connectivity index (χ3v) is 6.28. The molecule has 1 heterocycles. The highest BCUT2D eigenvalue weighted by Crippen LogP contribution is 2.34. The predicted molar refractivity (Wildman–Crippen MR) is 110 cm³/mol. The summed E-state index contributed by atoms with van der Waals surface area (Å²) in [6.07, 6.45) is 5.51. The van der Waals surface area contributed by atoms with Gasteiger partial charge in [-0.05, 0) is 30.5 Å². The molecule has 0 unspecified atom stereocenters. The topological polar surface area (TPSA) is 42.4 Å². The summed E-state index contributed by atoms with van der Waals surface area (Å²) in [5.74, 6) is 1.11. The summed E-state index contributed by atoms with van der Waals surface area (Å²) in [7, 11) is 1.66. The summed E-state index contributed by atoms with van der Waals surface area (Å²) < 4.78 is 6.38. The van der Waals surface area contributed by atoms with Gasteiger partial charge in [0.05, 0.1) is 23.9 Å². The second kappa shape index (κ2) is 8.09. The van der Waals surface area contributed by atoms with Crippen LogP contribution in [0.5, 0.6) is 5.75 Å². The highest BCUT2D eigenvalue weighted by molar-refractivity contribution is 7.22. The van der Waals surface area contributed by atoms with E-state index in [4.69, 9.17) is 9.72 Å². The largest absolute Gasteiger partial charge is 0.497 e. The van der Waals surface area contributed by atoms with Crippen molar-refractivity contribution in [1.29, 1.82) is 0 Å². The van der Waals surface area contributed by atoms with Crippen LogP contribution >= 0.6 is 11.3 Å². The lowest BCUT2D eigenvalue weighted by Gasteiger charge is -2.27. The van der Waals surface area contributed by atoms with Crippen molar-refractivity contribution < 1.29 is 9.53 Å². The number of carbonyl (C=O) groups excluding carboxylic acids is 1. The number of nitrogens with zero attached hydrogens (tertiary/aromatic N) is 2. The Balaban J connectivity index is 1.69. The van der Waals surface area contributed by atoms with Gasteiger partial charge in [-0.2, -0.15) is 0 Å². The molecule has 4 rings (SSSR count). The number of fused-ring (bicyclic) bond motifs is 1. The van der Waals surface area contributed by atoms with Gasteiger partial charge >= 0.3 is 0 Å². The number of methoxy groups -OCH3 is 1. The van der Waals surface area contributed by atoms with Gasteiger partial charge < -0.3 is 4.74 Å². The Morgan fingerprint density at radius 3 is 2.67 bits per heavy atom. The third kappa shape index (κ3) is 3.98. The van der Waals surface area contributed by atoms with Gasteiger partial charge in [-0.1, -0.05) is 60.9 Å². The van der Waals surface area contributed by atoms with E-state index in [1.54, 1.807) is 18.4 Å². The fourth-order valence-corrected chi connectivity index (χ4v) is 4.66.